The molecule has 0 fully saturated rings. The molecule has 96 valence electrons. The Kier molecular flexibility index (Phi) is 2.63. The first-order valence-electron chi connectivity index (χ1n) is 6.05. The van der Waals surface area contributed by atoms with Gasteiger partial charge >= 0.3 is 0 Å². The fourth-order valence-electron chi connectivity index (χ4n) is 2.83. The number of amides is 1. The summed E-state index contributed by atoms with van der Waals surface area (Å²) in [6, 6.07) is 2.17. The number of hydrogen-bond donors (Lipinski definition) is 2. The first-order chi connectivity index (χ1) is 8.76. The van der Waals surface area contributed by atoms with Gasteiger partial charge in [-0.1, -0.05) is 0 Å². The van der Waals surface area contributed by atoms with Gasteiger partial charge in [0.05, 0.1) is 25.8 Å². The maximum absolute atomic E-state index is 12.1. The van der Waals surface area contributed by atoms with Gasteiger partial charge in [-0.25, -0.2) is 0 Å². The average Bonchev–Trinajstić information content (AvgIpc) is 2.41. The minimum absolute atomic E-state index is 0.0815. The number of ether oxygens (including phenoxy) is 2. The molecule has 0 aromatic heterocycles. The molecule has 5 nitrogen and oxygen atoms in total. The summed E-state index contributed by atoms with van der Waals surface area (Å²) in [5, 5.41) is 6.30. The highest BCUT2D eigenvalue weighted by Crippen LogP contribution is 2.41. The molecule has 1 aromatic carbocycles. The van der Waals surface area contributed by atoms with Crippen LogP contribution in [0.2, 0.25) is 0 Å². The van der Waals surface area contributed by atoms with E-state index in [1.807, 2.05) is 6.07 Å². The van der Waals surface area contributed by atoms with Crippen LogP contribution in [0.1, 0.15) is 27.5 Å². The molecule has 0 saturated carbocycles. The van der Waals surface area contributed by atoms with Gasteiger partial charge in [-0.05, 0) is 30.2 Å². The highest BCUT2D eigenvalue weighted by Gasteiger charge is 2.34. The van der Waals surface area contributed by atoms with Crippen LogP contribution in [-0.4, -0.2) is 33.2 Å². The third-order valence-corrected chi connectivity index (χ3v) is 3.62. The molecule has 3 rings (SSSR count). The van der Waals surface area contributed by atoms with Gasteiger partial charge < -0.3 is 20.1 Å². The molecular weight excluding hydrogens is 232 g/mol. The van der Waals surface area contributed by atoms with Gasteiger partial charge in [0.2, 0.25) is 0 Å². The number of methoxy groups -OCH3 is 2. The molecule has 0 bridgehead atoms. The summed E-state index contributed by atoms with van der Waals surface area (Å²) in [7, 11) is 3.16. The Balaban J connectivity index is 2.29. The minimum Gasteiger partial charge on any atom is -0.493 e. The largest absolute Gasteiger partial charge is 0.493 e. The van der Waals surface area contributed by atoms with Gasteiger partial charge in [-0.3, -0.25) is 4.79 Å². The van der Waals surface area contributed by atoms with Gasteiger partial charge in [-0.15, -0.1) is 0 Å². The zero-order chi connectivity index (χ0) is 12.7. The van der Waals surface area contributed by atoms with E-state index >= 15 is 0 Å². The molecule has 1 atom stereocenters. The van der Waals surface area contributed by atoms with E-state index < -0.39 is 0 Å². The number of carbonyl (C=O) groups is 1. The van der Waals surface area contributed by atoms with Crippen LogP contribution in [-0.2, 0) is 6.42 Å². The second-order valence-electron chi connectivity index (χ2n) is 4.53. The highest BCUT2D eigenvalue weighted by molar-refractivity contribution is 6.01. The quantitative estimate of drug-likeness (QED) is 0.806. The summed E-state index contributed by atoms with van der Waals surface area (Å²) in [4.78, 5) is 12.1. The van der Waals surface area contributed by atoms with Gasteiger partial charge in [0, 0.05) is 6.54 Å². The van der Waals surface area contributed by atoms with Crippen molar-refractivity contribution in [2.45, 2.75) is 12.5 Å². The molecular formula is C13H16N2O3. The zero-order valence-electron chi connectivity index (χ0n) is 10.5. The Morgan fingerprint density at radius 3 is 2.89 bits per heavy atom. The smallest absolute Gasteiger partial charge is 0.255 e. The maximum atomic E-state index is 12.1. The van der Waals surface area contributed by atoms with Crippen molar-refractivity contribution in [1.29, 1.82) is 0 Å². The van der Waals surface area contributed by atoms with E-state index in [0.717, 1.165) is 18.5 Å². The fraction of sp³-hybridized carbons (Fsp3) is 0.462. The van der Waals surface area contributed by atoms with Crippen molar-refractivity contribution in [1.82, 2.24) is 10.6 Å². The first-order valence-corrected chi connectivity index (χ1v) is 6.05. The normalized spacial score (nSPS) is 21.0. The Labute approximate surface area is 105 Å². The van der Waals surface area contributed by atoms with Gasteiger partial charge in [0.25, 0.3) is 5.91 Å². The first kappa shape index (κ1) is 11.3. The van der Waals surface area contributed by atoms with E-state index in [-0.39, 0.29) is 11.9 Å². The molecule has 2 N–H and O–H groups in total. The zero-order valence-corrected chi connectivity index (χ0v) is 10.5. The third-order valence-electron chi connectivity index (χ3n) is 3.62. The number of hydrogen-bond acceptors (Lipinski definition) is 4. The van der Waals surface area contributed by atoms with Crippen LogP contribution in [0.25, 0.3) is 0 Å². The van der Waals surface area contributed by atoms with Crippen molar-refractivity contribution >= 4 is 5.91 Å². The summed E-state index contributed by atoms with van der Waals surface area (Å²) in [6.07, 6.45) is 0.909. The van der Waals surface area contributed by atoms with E-state index in [2.05, 4.69) is 10.6 Å². The Bertz CT molecular complexity index is 513. The fourth-order valence-corrected chi connectivity index (χ4v) is 2.83. The topological polar surface area (TPSA) is 59.6 Å². The van der Waals surface area contributed by atoms with Crippen molar-refractivity contribution in [2.75, 3.05) is 27.3 Å². The Morgan fingerprint density at radius 1 is 1.33 bits per heavy atom. The molecule has 1 aromatic rings. The van der Waals surface area contributed by atoms with Crippen molar-refractivity contribution in [3.05, 3.63) is 22.8 Å². The molecule has 2 heterocycles. The molecule has 0 saturated heterocycles. The van der Waals surface area contributed by atoms with Crippen LogP contribution in [0, 0.1) is 0 Å². The van der Waals surface area contributed by atoms with Crippen LogP contribution >= 0.6 is 0 Å². The lowest BCUT2D eigenvalue weighted by Crippen LogP contribution is -2.44. The molecule has 0 aliphatic carbocycles. The number of benzene rings is 1. The van der Waals surface area contributed by atoms with Crippen LogP contribution in [0.4, 0.5) is 0 Å². The predicted molar refractivity (Wildman–Crippen MR) is 66.3 cm³/mol. The maximum Gasteiger partial charge on any atom is 0.255 e. The number of rotatable bonds is 2. The van der Waals surface area contributed by atoms with Gasteiger partial charge in [0.15, 0.2) is 11.5 Å². The standard InChI is InChI=1S/C13H16N2O3/c1-17-9-5-7-3-4-14-8-6-15-13(16)11(10(7)8)12(9)18-2/h5,8,14H,3-4,6H2,1-2H3,(H,15,16). The SMILES string of the molecule is COc1cc2c3c(c1OC)C(=O)NCC3NCC2. The lowest BCUT2D eigenvalue weighted by molar-refractivity contribution is 0.0931. The van der Waals surface area contributed by atoms with E-state index in [1.54, 1.807) is 14.2 Å². The van der Waals surface area contributed by atoms with Crippen LogP contribution in [0.3, 0.4) is 0 Å². The van der Waals surface area contributed by atoms with Gasteiger partial charge in [-0.2, -0.15) is 0 Å². The molecule has 1 unspecified atom stereocenters. The molecule has 2 aliphatic rings. The summed E-state index contributed by atoms with van der Waals surface area (Å²) >= 11 is 0. The molecule has 5 heteroatoms. The third kappa shape index (κ3) is 1.47. The monoisotopic (exact) mass is 248 g/mol. The minimum atomic E-state index is -0.0815. The second-order valence-corrected chi connectivity index (χ2v) is 4.53. The number of nitrogens with one attached hydrogen (secondary N) is 2. The van der Waals surface area contributed by atoms with E-state index in [1.165, 1.54) is 5.56 Å². The van der Waals surface area contributed by atoms with Crippen molar-refractivity contribution in [2.24, 2.45) is 0 Å². The summed E-state index contributed by atoms with van der Waals surface area (Å²) in [5.74, 6) is 1.08. The summed E-state index contributed by atoms with van der Waals surface area (Å²) in [5.41, 5.74) is 2.87. The van der Waals surface area contributed by atoms with E-state index in [0.29, 0.717) is 23.6 Å². The second kappa shape index (κ2) is 4.17. The van der Waals surface area contributed by atoms with Gasteiger partial charge in [0.1, 0.15) is 0 Å². The molecule has 0 radical (unpaired) electrons. The molecule has 2 aliphatic heterocycles. The van der Waals surface area contributed by atoms with E-state index in [4.69, 9.17) is 9.47 Å². The predicted octanol–water partition coefficient (Wildman–Crippen LogP) is 0.634. The molecule has 0 spiro atoms. The lowest BCUT2D eigenvalue weighted by Gasteiger charge is -2.34. The summed E-state index contributed by atoms with van der Waals surface area (Å²) in [6.45, 7) is 1.55. The Hall–Kier alpha value is -1.75. The van der Waals surface area contributed by atoms with Crippen molar-refractivity contribution in [3.63, 3.8) is 0 Å². The highest BCUT2D eigenvalue weighted by atomic mass is 16.5. The average molecular weight is 248 g/mol. The van der Waals surface area contributed by atoms with Crippen LogP contribution < -0.4 is 20.1 Å². The molecule has 1 amide bonds. The number of carbonyl (C=O) groups excluding carboxylic acids is 1. The molecule has 18 heavy (non-hydrogen) atoms. The Morgan fingerprint density at radius 2 is 2.17 bits per heavy atom. The van der Waals surface area contributed by atoms with Crippen LogP contribution in [0.15, 0.2) is 6.07 Å². The van der Waals surface area contributed by atoms with Crippen molar-refractivity contribution < 1.29 is 14.3 Å². The van der Waals surface area contributed by atoms with Crippen molar-refractivity contribution in [3.8, 4) is 11.5 Å². The van der Waals surface area contributed by atoms with E-state index in [9.17, 15) is 4.79 Å². The summed E-state index contributed by atoms with van der Waals surface area (Å²) < 4.78 is 10.7. The van der Waals surface area contributed by atoms with Crippen LogP contribution in [0.5, 0.6) is 11.5 Å². The lowest BCUT2D eigenvalue weighted by atomic mass is 9.86.